The lowest BCUT2D eigenvalue weighted by molar-refractivity contribution is -0.122. The molecule has 0 N–H and O–H groups in total. The summed E-state index contributed by atoms with van der Waals surface area (Å²) in [5, 5.41) is 0. The molecule has 1 fully saturated rings. The van der Waals surface area contributed by atoms with Gasteiger partial charge in [0.15, 0.2) is 0 Å². The molecule has 1 amide bonds. The Bertz CT molecular complexity index is 777. The molecule has 0 unspecified atom stereocenters. The van der Waals surface area contributed by atoms with Crippen molar-refractivity contribution >= 4 is 11.6 Å². The van der Waals surface area contributed by atoms with Crippen molar-refractivity contribution in [2.45, 2.75) is 39.3 Å². The lowest BCUT2D eigenvalue weighted by Crippen LogP contribution is -2.48. The van der Waals surface area contributed by atoms with Crippen molar-refractivity contribution in [3.63, 3.8) is 0 Å². The minimum atomic E-state index is -0.0162. The topological polar surface area (TPSA) is 42.0 Å². The van der Waals surface area contributed by atoms with E-state index >= 15 is 0 Å². The zero-order chi connectivity index (χ0) is 20.8. The Morgan fingerprint density at radius 3 is 2.14 bits per heavy atom. The van der Waals surface area contributed by atoms with Crippen LogP contribution < -0.4 is 14.4 Å². The molecule has 2 aromatic rings. The molecule has 3 rings (SSSR count). The van der Waals surface area contributed by atoms with E-state index < -0.39 is 0 Å². The van der Waals surface area contributed by atoms with E-state index in [4.69, 9.17) is 9.47 Å². The molecule has 0 radical (unpaired) electrons. The number of carbonyl (C=O) groups excluding carboxylic acids is 1. The highest BCUT2D eigenvalue weighted by molar-refractivity contribution is 5.95. The summed E-state index contributed by atoms with van der Waals surface area (Å²) in [5.41, 5.74) is 2.18. The zero-order valence-corrected chi connectivity index (χ0v) is 17.9. The molecular weight excluding hydrogens is 364 g/mol. The molecule has 0 aliphatic carbocycles. The van der Waals surface area contributed by atoms with Crippen molar-refractivity contribution in [2.24, 2.45) is 5.92 Å². The van der Waals surface area contributed by atoms with Crippen LogP contribution in [0.15, 0.2) is 48.5 Å². The van der Waals surface area contributed by atoms with Crippen LogP contribution in [-0.4, -0.2) is 44.2 Å². The van der Waals surface area contributed by atoms with Crippen LogP contribution >= 0.6 is 0 Å². The van der Waals surface area contributed by atoms with E-state index in [0.717, 1.165) is 49.7 Å². The van der Waals surface area contributed by atoms with Crippen LogP contribution in [-0.2, 0) is 11.3 Å². The minimum Gasteiger partial charge on any atom is -0.497 e. The molecule has 0 bridgehead atoms. The fourth-order valence-electron chi connectivity index (χ4n) is 3.94. The summed E-state index contributed by atoms with van der Waals surface area (Å²) in [6.45, 7) is 6.72. The van der Waals surface area contributed by atoms with E-state index in [-0.39, 0.29) is 17.9 Å². The van der Waals surface area contributed by atoms with Gasteiger partial charge in [-0.2, -0.15) is 0 Å². The fraction of sp³-hybridized carbons (Fsp3) is 0.458. The number of nitrogens with zero attached hydrogens (tertiary/aromatic N) is 2. The standard InChI is InChI=1S/C24H32N2O3/c1-18(2)24(27)26(20-8-6-5-7-9-20)21-10-12-25(13-11-21)17-19-14-22(28-3)16-23(15-19)29-4/h5-9,14-16,18,21H,10-13,17H2,1-4H3. The lowest BCUT2D eigenvalue weighted by atomic mass is 9.99. The van der Waals surface area contributed by atoms with Crippen LogP contribution in [0.5, 0.6) is 11.5 Å². The van der Waals surface area contributed by atoms with Crippen LogP contribution in [0.4, 0.5) is 5.69 Å². The first-order valence-corrected chi connectivity index (χ1v) is 10.3. The monoisotopic (exact) mass is 396 g/mol. The van der Waals surface area contributed by atoms with Gasteiger partial charge in [0.05, 0.1) is 14.2 Å². The van der Waals surface area contributed by atoms with Crippen LogP contribution in [0.3, 0.4) is 0 Å². The summed E-state index contributed by atoms with van der Waals surface area (Å²) in [6.07, 6.45) is 1.93. The largest absolute Gasteiger partial charge is 0.497 e. The average molecular weight is 397 g/mol. The van der Waals surface area contributed by atoms with Crippen molar-refractivity contribution < 1.29 is 14.3 Å². The second-order valence-electron chi connectivity index (χ2n) is 7.93. The molecular formula is C24H32N2O3. The third-order valence-electron chi connectivity index (χ3n) is 5.51. The van der Waals surface area contributed by atoms with E-state index in [1.165, 1.54) is 5.56 Å². The predicted molar refractivity (Wildman–Crippen MR) is 117 cm³/mol. The summed E-state index contributed by atoms with van der Waals surface area (Å²) in [7, 11) is 3.35. The van der Waals surface area contributed by atoms with E-state index in [1.54, 1.807) is 14.2 Å². The first kappa shape index (κ1) is 21.2. The van der Waals surface area contributed by atoms with Crippen LogP contribution in [0.2, 0.25) is 0 Å². The molecule has 0 atom stereocenters. The van der Waals surface area contributed by atoms with Gasteiger partial charge in [-0.15, -0.1) is 0 Å². The molecule has 2 aromatic carbocycles. The van der Waals surface area contributed by atoms with Crippen LogP contribution in [0, 0.1) is 5.92 Å². The smallest absolute Gasteiger partial charge is 0.229 e. The van der Waals surface area contributed by atoms with Gasteiger partial charge in [-0.25, -0.2) is 0 Å². The normalized spacial score (nSPS) is 15.3. The number of hydrogen-bond acceptors (Lipinski definition) is 4. The highest BCUT2D eigenvalue weighted by Gasteiger charge is 2.30. The predicted octanol–water partition coefficient (Wildman–Crippen LogP) is 4.36. The third-order valence-corrected chi connectivity index (χ3v) is 5.51. The molecule has 1 saturated heterocycles. The summed E-state index contributed by atoms with van der Waals surface area (Å²) in [6, 6.07) is 16.3. The summed E-state index contributed by atoms with van der Waals surface area (Å²) in [4.78, 5) is 17.4. The first-order chi connectivity index (χ1) is 14.0. The highest BCUT2D eigenvalue weighted by atomic mass is 16.5. The number of amides is 1. The molecule has 0 spiro atoms. The SMILES string of the molecule is COc1cc(CN2CCC(N(C(=O)C(C)C)c3ccccc3)CC2)cc(OC)c1. The average Bonchev–Trinajstić information content (AvgIpc) is 2.75. The van der Waals surface area contributed by atoms with Gasteiger partial charge in [0.2, 0.25) is 5.91 Å². The second kappa shape index (κ2) is 9.79. The van der Waals surface area contributed by atoms with Crippen molar-refractivity contribution in [1.82, 2.24) is 4.90 Å². The van der Waals surface area contributed by atoms with Gasteiger partial charge in [0, 0.05) is 43.3 Å². The van der Waals surface area contributed by atoms with Gasteiger partial charge in [0.1, 0.15) is 11.5 Å². The van der Waals surface area contributed by atoms with Gasteiger partial charge in [0.25, 0.3) is 0 Å². The van der Waals surface area contributed by atoms with Gasteiger partial charge < -0.3 is 14.4 Å². The number of benzene rings is 2. The fourth-order valence-corrected chi connectivity index (χ4v) is 3.94. The Morgan fingerprint density at radius 1 is 1.03 bits per heavy atom. The van der Waals surface area contributed by atoms with E-state index in [0.29, 0.717) is 0 Å². The number of ether oxygens (including phenoxy) is 2. The maximum absolute atomic E-state index is 12.9. The summed E-state index contributed by atoms with van der Waals surface area (Å²) >= 11 is 0. The van der Waals surface area contributed by atoms with Crippen molar-refractivity contribution in [3.05, 3.63) is 54.1 Å². The van der Waals surface area contributed by atoms with Gasteiger partial charge in [-0.3, -0.25) is 9.69 Å². The molecule has 0 aromatic heterocycles. The molecule has 1 aliphatic rings. The Balaban J connectivity index is 1.68. The molecule has 1 aliphatic heterocycles. The number of rotatable bonds is 7. The highest BCUT2D eigenvalue weighted by Crippen LogP contribution is 2.28. The quantitative estimate of drug-likeness (QED) is 0.697. The number of likely N-dealkylation sites (tertiary alicyclic amines) is 1. The van der Waals surface area contributed by atoms with Crippen LogP contribution in [0.25, 0.3) is 0 Å². The zero-order valence-electron chi connectivity index (χ0n) is 17.9. The summed E-state index contributed by atoms with van der Waals surface area (Å²) in [5.74, 6) is 1.81. The molecule has 156 valence electrons. The maximum atomic E-state index is 12.9. The minimum absolute atomic E-state index is 0.0162. The lowest BCUT2D eigenvalue weighted by Gasteiger charge is -2.39. The number of hydrogen-bond donors (Lipinski definition) is 0. The Labute approximate surface area is 174 Å². The summed E-state index contributed by atoms with van der Waals surface area (Å²) < 4.78 is 10.8. The maximum Gasteiger partial charge on any atom is 0.229 e. The van der Waals surface area contributed by atoms with E-state index in [1.807, 2.05) is 55.1 Å². The van der Waals surface area contributed by atoms with Crippen molar-refractivity contribution in [3.8, 4) is 11.5 Å². The van der Waals surface area contributed by atoms with Crippen LogP contribution in [0.1, 0.15) is 32.3 Å². The van der Waals surface area contributed by atoms with Gasteiger partial charge in [-0.05, 0) is 42.7 Å². The molecule has 0 saturated carbocycles. The van der Waals surface area contributed by atoms with Crippen molar-refractivity contribution in [1.29, 1.82) is 0 Å². The first-order valence-electron chi connectivity index (χ1n) is 10.3. The molecule has 1 heterocycles. The van der Waals surface area contributed by atoms with Gasteiger partial charge >= 0.3 is 0 Å². The number of piperidine rings is 1. The number of carbonyl (C=O) groups is 1. The molecule has 5 heteroatoms. The van der Waals surface area contributed by atoms with E-state index in [2.05, 4.69) is 17.0 Å². The second-order valence-corrected chi connectivity index (χ2v) is 7.93. The Kier molecular flexibility index (Phi) is 7.15. The molecule has 29 heavy (non-hydrogen) atoms. The number of para-hydroxylation sites is 1. The van der Waals surface area contributed by atoms with E-state index in [9.17, 15) is 4.79 Å². The third kappa shape index (κ3) is 5.30. The molecule has 5 nitrogen and oxygen atoms in total. The van der Waals surface area contributed by atoms with Crippen molar-refractivity contribution in [2.75, 3.05) is 32.2 Å². The Morgan fingerprint density at radius 2 is 1.62 bits per heavy atom. The Hall–Kier alpha value is -2.53. The number of anilines is 1. The van der Waals surface area contributed by atoms with Gasteiger partial charge in [-0.1, -0.05) is 32.0 Å². The number of methoxy groups -OCH3 is 2.